The van der Waals surface area contributed by atoms with Crippen LogP contribution in [-0.4, -0.2) is 41.9 Å². The summed E-state index contributed by atoms with van der Waals surface area (Å²) < 4.78 is 38.3. The van der Waals surface area contributed by atoms with Crippen molar-refractivity contribution in [3.05, 3.63) is 24.1 Å². The third kappa shape index (κ3) is 2.34. The van der Waals surface area contributed by atoms with Crippen LogP contribution in [0.3, 0.4) is 0 Å². The Hall–Kier alpha value is -1.54. The molecule has 0 bridgehead atoms. The van der Waals surface area contributed by atoms with E-state index in [9.17, 15) is 17.6 Å². The van der Waals surface area contributed by atoms with Gasteiger partial charge in [-0.25, -0.2) is 17.8 Å². The Morgan fingerprint density at radius 1 is 1.56 bits per heavy atom. The number of nitrogens with zero attached hydrogens (tertiary/aromatic N) is 2. The molecule has 1 fully saturated rings. The Kier molecular flexibility index (Phi) is 3.31. The second-order valence-electron chi connectivity index (χ2n) is 4.08. The maximum Gasteiger partial charge on any atom is 0.303 e. The molecule has 1 N–H and O–H groups in total. The third-order valence-electron chi connectivity index (χ3n) is 2.70. The molecule has 0 spiro atoms. The minimum Gasteiger partial charge on any atom is -0.481 e. The van der Waals surface area contributed by atoms with Crippen LogP contribution in [0.4, 0.5) is 4.39 Å². The first-order valence-electron chi connectivity index (χ1n) is 5.23. The summed E-state index contributed by atoms with van der Waals surface area (Å²) in [5, 5.41) is 7.95. The van der Waals surface area contributed by atoms with E-state index in [1.165, 1.54) is 12.3 Å². The molecule has 18 heavy (non-hydrogen) atoms. The van der Waals surface area contributed by atoms with Crippen molar-refractivity contribution in [2.45, 2.75) is 11.4 Å². The number of carboxylic acid groups (broad SMARTS) is 1. The topological polar surface area (TPSA) is 87.6 Å². The zero-order chi connectivity index (χ0) is 13.3. The third-order valence-corrected chi connectivity index (χ3v) is 4.46. The van der Waals surface area contributed by atoms with Gasteiger partial charge in [0.25, 0.3) is 10.0 Å². The quantitative estimate of drug-likeness (QED) is 0.854. The van der Waals surface area contributed by atoms with Gasteiger partial charge >= 0.3 is 5.97 Å². The summed E-state index contributed by atoms with van der Waals surface area (Å²) in [4.78, 5) is 14.0. The van der Waals surface area contributed by atoms with E-state index in [2.05, 4.69) is 4.98 Å². The van der Waals surface area contributed by atoms with E-state index in [-0.39, 0.29) is 25.4 Å². The lowest BCUT2D eigenvalue weighted by molar-refractivity contribution is -0.139. The maximum absolute atomic E-state index is 13.4. The lowest BCUT2D eigenvalue weighted by atomic mass is 10.00. The molecule has 1 aliphatic heterocycles. The van der Waals surface area contributed by atoms with Gasteiger partial charge in [-0.3, -0.25) is 4.79 Å². The van der Waals surface area contributed by atoms with Crippen LogP contribution in [0, 0.1) is 11.7 Å². The van der Waals surface area contributed by atoms with Crippen LogP contribution in [-0.2, 0) is 14.8 Å². The van der Waals surface area contributed by atoms with Crippen molar-refractivity contribution < 1.29 is 22.7 Å². The molecular formula is C10H11FN2O4S. The summed E-state index contributed by atoms with van der Waals surface area (Å²) in [7, 11) is -3.95. The molecule has 8 heteroatoms. The summed E-state index contributed by atoms with van der Waals surface area (Å²) in [6, 6.07) is 2.33. The highest BCUT2D eigenvalue weighted by Gasteiger charge is 2.39. The number of halogens is 1. The van der Waals surface area contributed by atoms with Crippen LogP contribution in [0.5, 0.6) is 0 Å². The summed E-state index contributed by atoms with van der Waals surface area (Å²) in [5.74, 6) is -2.09. The van der Waals surface area contributed by atoms with Crippen LogP contribution < -0.4 is 0 Å². The van der Waals surface area contributed by atoms with Gasteiger partial charge in [-0.2, -0.15) is 4.31 Å². The fourth-order valence-electron chi connectivity index (χ4n) is 1.78. The van der Waals surface area contributed by atoms with Crippen LogP contribution in [0.1, 0.15) is 6.42 Å². The first kappa shape index (κ1) is 12.9. The molecule has 2 rings (SSSR count). The number of carbonyl (C=O) groups is 1. The van der Waals surface area contributed by atoms with E-state index in [0.717, 1.165) is 10.4 Å². The molecule has 98 valence electrons. The van der Waals surface area contributed by atoms with Crippen LogP contribution in [0.2, 0.25) is 0 Å². The van der Waals surface area contributed by atoms with Crippen molar-refractivity contribution in [2.75, 3.05) is 13.1 Å². The molecule has 1 aromatic rings. The van der Waals surface area contributed by atoms with E-state index < -0.39 is 26.8 Å². The Bertz CT molecular complexity index is 569. The fraction of sp³-hybridized carbons (Fsp3) is 0.400. The smallest absolute Gasteiger partial charge is 0.303 e. The standard InChI is InChI=1S/C10H11FN2O4S/c11-8-2-1-3-12-10(8)18(16,17)13-5-7(6-13)4-9(14)15/h1-3,7H,4-6H2,(H,14,15). The number of aliphatic carboxylic acids is 1. The highest BCUT2D eigenvalue weighted by Crippen LogP contribution is 2.26. The molecular weight excluding hydrogens is 263 g/mol. The summed E-state index contributed by atoms with van der Waals surface area (Å²) in [6.45, 7) is 0.176. The van der Waals surface area contributed by atoms with Crippen molar-refractivity contribution in [1.29, 1.82) is 0 Å². The Balaban J connectivity index is 2.11. The van der Waals surface area contributed by atoms with Crippen molar-refractivity contribution in [3.63, 3.8) is 0 Å². The molecule has 1 aliphatic rings. The van der Waals surface area contributed by atoms with Crippen molar-refractivity contribution in [2.24, 2.45) is 5.92 Å². The van der Waals surface area contributed by atoms with E-state index in [1.54, 1.807) is 0 Å². The number of hydrogen-bond acceptors (Lipinski definition) is 4. The molecule has 0 aliphatic carbocycles. The number of carboxylic acids is 1. The summed E-state index contributed by atoms with van der Waals surface area (Å²) >= 11 is 0. The fourth-order valence-corrected chi connectivity index (χ4v) is 3.35. The molecule has 2 heterocycles. The predicted molar refractivity (Wildman–Crippen MR) is 58.7 cm³/mol. The van der Waals surface area contributed by atoms with Crippen LogP contribution in [0.15, 0.2) is 23.4 Å². The minimum absolute atomic E-state index is 0.0866. The Morgan fingerprint density at radius 2 is 2.22 bits per heavy atom. The number of sulfonamides is 1. The lowest BCUT2D eigenvalue weighted by Gasteiger charge is -2.36. The number of aromatic nitrogens is 1. The zero-order valence-electron chi connectivity index (χ0n) is 9.28. The monoisotopic (exact) mass is 274 g/mol. The lowest BCUT2D eigenvalue weighted by Crippen LogP contribution is -2.50. The molecule has 1 saturated heterocycles. The van der Waals surface area contributed by atoms with Gasteiger partial charge in [0.05, 0.1) is 6.42 Å². The van der Waals surface area contributed by atoms with Gasteiger partial charge in [-0.05, 0) is 18.1 Å². The van der Waals surface area contributed by atoms with E-state index in [4.69, 9.17) is 5.11 Å². The largest absolute Gasteiger partial charge is 0.481 e. The average Bonchev–Trinajstić information content (AvgIpc) is 2.22. The maximum atomic E-state index is 13.4. The van der Waals surface area contributed by atoms with Crippen molar-refractivity contribution in [1.82, 2.24) is 9.29 Å². The van der Waals surface area contributed by atoms with Gasteiger partial charge in [0.2, 0.25) is 5.03 Å². The van der Waals surface area contributed by atoms with Gasteiger partial charge in [-0.1, -0.05) is 0 Å². The second kappa shape index (κ2) is 4.62. The number of pyridine rings is 1. The van der Waals surface area contributed by atoms with Gasteiger partial charge in [0, 0.05) is 19.3 Å². The molecule has 0 atom stereocenters. The molecule has 0 saturated carbocycles. The van der Waals surface area contributed by atoms with Gasteiger partial charge in [0.1, 0.15) is 0 Å². The van der Waals surface area contributed by atoms with Crippen molar-refractivity contribution >= 4 is 16.0 Å². The van der Waals surface area contributed by atoms with Gasteiger partial charge in [-0.15, -0.1) is 0 Å². The van der Waals surface area contributed by atoms with Gasteiger partial charge in [0.15, 0.2) is 5.82 Å². The van der Waals surface area contributed by atoms with Crippen LogP contribution >= 0.6 is 0 Å². The number of rotatable bonds is 4. The highest BCUT2D eigenvalue weighted by atomic mass is 32.2. The normalized spacial score (nSPS) is 17.4. The van der Waals surface area contributed by atoms with Gasteiger partial charge < -0.3 is 5.11 Å². The van der Waals surface area contributed by atoms with E-state index in [1.807, 2.05) is 0 Å². The van der Waals surface area contributed by atoms with E-state index in [0.29, 0.717) is 0 Å². The molecule has 0 aromatic carbocycles. The first-order valence-corrected chi connectivity index (χ1v) is 6.67. The molecule has 0 unspecified atom stereocenters. The average molecular weight is 274 g/mol. The summed E-state index contributed by atoms with van der Waals surface area (Å²) in [5.41, 5.74) is 0. The van der Waals surface area contributed by atoms with Crippen molar-refractivity contribution in [3.8, 4) is 0 Å². The summed E-state index contributed by atoms with van der Waals surface area (Å²) in [6.07, 6.45) is 1.11. The molecule has 6 nitrogen and oxygen atoms in total. The SMILES string of the molecule is O=C(O)CC1CN(S(=O)(=O)c2ncccc2F)C1. The number of hydrogen-bond donors (Lipinski definition) is 1. The first-order chi connectivity index (χ1) is 8.41. The predicted octanol–water partition coefficient (Wildman–Crippen LogP) is 0.316. The highest BCUT2D eigenvalue weighted by molar-refractivity contribution is 7.89. The van der Waals surface area contributed by atoms with E-state index >= 15 is 0 Å². The Labute approximate surface area is 103 Å². The second-order valence-corrected chi connectivity index (χ2v) is 5.93. The zero-order valence-corrected chi connectivity index (χ0v) is 10.1. The Morgan fingerprint density at radius 3 is 2.78 bits per heavy atom. The minimum atomic E-state index is -3.95. The molecule has 1 aromatic heterocycles. The molecule has 0 radical (unpaired) electrons. The molecule has 0 amide bonds. The van der Waals surface area contributed by atoms with Crippen LogP contribution in [0.25, 0.3) is 0 Å².